The highest BCUT2D eigenvalue weighted by molar-refractivity contribution is 5.92. The van der Waals surface area contributed by atoms with Gasteiger partial charge in [-0.25, -0.2) is 0 Å². The van der Waals surface area contributed by atoms with Crippen molar-refractivity contribution in [1.29, 1.82) is 0 Å². The Bertz CT molecular complexity index is 207. The maximum Gasteiger partial charge on any atom is 0.242 e. The highest BCUT2D eigenvalue weighted by Gasteiger charge is 2.28. The molecule has 0 aromatic heterocycles. The summed E-state index contributed by atoms with van der Waals surface area (Å²) >= 11 is 0. The summed E-state index contributed by atoms with van der Waals surface area (Å²) in [4.78, 5) is 25.3. The lowest BCUT2D eigenvalue weighted by Crippen LogP contribution is -2.54. The average Bonchev–Trinajstić information content (AvgIpc) is 2.14. The van der Waals surface area contributed by atoms with E-state index in [1.165, 1.54) is 9.80 Å². The third-order valence-electron chi connectivity index (χ3n) is 2.10. The van der Waals surface area contributed by atoms with Gasteiger partial charge in [-0.2, -0.15) is 0 Å². The van der Waals surface area contributed by atoms with Gasteiger partial charge in [0.15, 0.2) is 0 Å². The minimum absolute atomic E-state index is 0.000602. The Morgan fingerprint density at radius 3 is 1.57 bits per heavy atom. The first-order chi connectivity index (χ1) is 6.69. The van der Waals surface area contributed by atoms with Crippen molar-refractivity contribution in [3.05, 3.63) is 0 Å². The number of carbonyl (C=O) groups excluding carboxylic acids is 2. The third-order valence-corrected chi connectivity index (χ3v) is 2.10. The van der Waals surface area contributed by atoms with Crippen molar-refractivity contribution >= 4 is 11.8 Å². The molecule has 1 fully saturated rings. The summed E-state index contributed by atoms with van der Waals surface area (Å²) in [5, 5.41) is 17.3. The zero-order valence-electron chi connectivity index (χ0n) is 7.85. The van der Waals surface area contributed by atoms with Gasteiger partial charge in [-0.05, 0) is 0 Å². The summed E-state index contributed by atoms with van der Waals surface area (Å²) in [6.45, 7) is 0.103. The van der Waals surface area contributed by atoms with Crippen LogP contribution in [0.25, 0.3) is 0 Å². The number of β-amino-alcohol motifs (C(OH)–C–C–N with tert-alkyl or cyclic N) is 2. The molecule has 1 saturated heterocycles. The standard InChI is InChI=1S/C8H14N2O4/c11-3-1-9-5-8(14)10(2-4-12)6-7(9)13/h11-12H,1-6H2. The van der Waals surface area contributed by atoms with Gasteiger partial charge in [0.2, 0.25) is 11.8 Å². The number of amides is 2. The minimum atomic E-state index is -0.188. The summed E-state index contributed by atoms with van der Waals surface area (Å²) in [5.41, 5.74) is 0. The molecule has 1 aliphatic heterocycles. The van der Waals surface area contributed by atoms with Gasteiger partial charge in [-0.3, -0.25) is 9.59 Å². The van der Waals surface area contributed by atoms with Crippen molar-refractivity contribution in [2.24, 2.45) is 0 Å². The Kier molecular flexibility index (Phi) is 3.84. The molecule has 0 atom stereocenters. The van der Waals surface area contributed by atoms with E-state index in [4.69, 9.17) is 10.2 Å². The molecule has 0 spiro atoms. The SMILES string of the molecule is O=C1CN(CCO)C(=O)CN1CCO. The van der Waals surface area contributed by atoms with Crippen LogP contribution in [-0.4, -0.2) is 71.2 Å². The van der Waals surface area contributed by atoms with Gasteiger partial charge in [-0.1, -0.05) is 0 Å². The van der Waals surface area contributed by atoms with Gasteiger partial charge in [-0.15, -0.1) is 0 Å². The first-order valence-electron chi connectivity index (χ1n) is 4.46. The number of aliphatic hydroxyl groups excluding tert-OH is 2. The summed E-state index contributed by atoms with van der Waals surface area (Å²) in [6.07, 6.45) is 0. The Balaban J connectivity index is 2.53. The van der Waals surface area contributed by atoms with Crippen LogP contribution in [-0.2, 0) is 9.59 Å². The van der Waals surface area contributed by atoms with Crippen molar-refractivity contribution < 1.29 is 19.8 Å². The number of aliphatic hydroxyl groups is 2. The highest BCUT2D eigenvalue weighted by Crippen LogP contribution is 2.03. The van der Waals surface area contributed by atoms with Crippen LogP contribution in [0.2, 0.25) is 0 Å². The number of piperazine rings is 1. The van der Waals surface area contributed by atoms with Crippen LogP contribution in [0.5, 0.6) is 0 Å². The second kappa shape index (κ2) is 4.92. The topological polar surface area (TPSA) is 81.1 Å². The molecule has 1 heterocycles. The predicted octanol–water partition coefficient (Wildman–Crippen LogP) is -2.36. The summed E-state index contributed by atoms with van der Waals surface area (Å²) in [5.74, 6) is -0.376. The fraction of sp³-hybridized carbons (Fsp3) is 0.750. The van der Waals surface area contributed by atoms with Crippen LogP contribution in [0.3, 0.4) is 0 Å². The van der Waals surface area contributed by atoms with E-state index >= 15 is 0 Å². The van der Waals surface area contributed by atoms with Crippen LogP contribution in [0.15, 0.2) is 0 Å². The monoisotopic (exact) mass is 202 g/mol. The normalized spacial score (nSPS) is 17.9. The summed E-state index contributed by atoms with van der Waals surface area (Å²) in [6, 6.07) is 0. The molecule has 1 aliphatic rings. The van der Waals surface area contributed by atoms with Gasteiger partial charge in [0.25, 0.3) is 0 Å². The quantitative estimate of drug-likeness (QED) is 0.534. The molecule has 0 bridgehead atoms. The van der Waals surface area contributed by atoms with E-state index < -0.39 is 0 Å². The van der Waals surface area contributed by atoms with Gasteiger partial charge >= 0.3 is 0 Å². The van der Waals surface area contributed by atoms with Gasteiger partial charge in [0.05, 0.1) is 26.3 Å². The number of hydrogen-bond donors (Lipinski definition) is 2. The Hall–Kier alpha value is -1.14. The molecule has 6 nitrogen and oxygen atoms in total. The van der Waals surface area contributed by atoms with Crippen LogP contribution in [0.4, 0.5) is 0 Å². The fourth-order valence-electron chi connectivity index (χ4n) is 1.35. The highest BCUT2D eigenvalue weighted by atomic mass is 16.3. The van der Waals surface area contributed by atoms with Crippen LogP contribution < -0.4 is 0 Å². The minimum Gasteiger partial charge on any atom is -0.395 e. The third kappa shape index (κ3) is 2.43. The van der Waals surface area contributed by atoms with E-state index in [0.29, 0.717) is 0 Å². The molecule has 0 radical (unpaired) electrons. The zero-order chi connectivity index (χ0) is 10.6. The van der Waals surface area contributed by atoms with E-state index in [9.17, 15) is 9.59 Å². The van der Waals surface area contributed by atoms with Gasteiger partial charge < -0.3 is 20.0 Å². The predicted molar refractivity (Wildman–Crippen MR) is 47.3 cm³/mol. The first kappa shape index (κ1) is 10.9. The molecule has 0 aromatic carbocycles. The maximum atomic E-state index is 11.4. The Morgan fingerprint density at radius 1 is 0.929 bits per heavy atom. The molecule has 6 heteroatoms. The molecule has 1 rings (SSSR count). The molecule has 0 aliphatic carbocycles. The van der Waals surface area contributed by atoms with Crippen molar-refractivity contribution in [3.8, 4) is 0 Å². The van der Waals surface area contributed by atoms with Crippen LogP contribution in [0, 0.1) is 0 Å². The number of rotatable bonds is 4. The molecule has 80 valence electrons. The second-order valence-electron chi connectivity index (χ2n) is 3.08. The lowest BCUT2D eigenvalue weighted by atomic mass is 10.3. The number of hydrogen-bond acceptors (Lipinski definition) is 4. The smallest absolute Gasteiger partial charge is 0.242 e. The summed E-state index contributed by atoms with van der Waals surface area (Å²) in [7, 11) is 0. The lowest BCUT2D eigenvalue weighted by Gasteiger charge is -2.33. The first-order valence-corrected chi connectivity index (χ1v) is 4.46. The van der Waals surface area contributed by atoms with Crippen LogP contribution in [0.1, 0.15) is 0 Å². The van der Waals surface area contributed by atoms with Crippen LogP contribution >= 0.6 is 0 Å². The molecular formula is C8H14N2O4. The van der Waals surface area contributed by atoms with E-state index in [2.05, 4.69) is 0 Å². The van der Waals surface area contributed by atoms with E-state index in [1.54, 1.807) is 0 Å². The van der Waals surface area contributed by atoms with Gasteiger partial charge in [0.1, 0.15) is 0 Å². The number of nitrogens with zero attached hydrogens (tertiary/aromatic N) is 2. The van der Waals surface area contributed by atoms with E-state index in [1.807, 2.05) is 0 Å². The lowest BCUT2D eigenvalue weighted by molar-refractivity contribution is -0.150. The van der Waals surface area contributed by atoms with Crippen molar-refractivity contribution in [2.75, 3.05) is 39.4 Å². The average molecular weight is 202 g/mol. The molecular weight excluding hydrogens is 188 g/mol. The van der Waals surface area contributed by atoms with Gasteiger partial charge in [0, 0.05) is 13.1 Å². The molecule has 2 amide bonds. The summed E-state index contributed by atoms with van der Waals surface area (Å²) < 4.78 is 0. The van der Waals surface area contributed by atoms with E-state index in [0.717, 1.165) is 0 Å². The molecule has 0 aromatic rings. The molecule has 2 N–H and O–H groups in total. The molecule has 14 heavy (non-hydrogen) atoms. The van der Waals surface area contributed by atoms with E-state index in [-0.39, 0.29) is 51.2 Å². The van der Waals surface area contributed by atoms with Crippen molar-refractivity contribution in [3.63, 3.8) is 0 Å². The number of carbonyl (C=O) groups is 2. The Morgan fingerprint density at radius 2 is 1.29 bits per heavy atom. The molecule has 0 saturated carbocycles. The van der Waals surface area contributed by atoms with Crippen molar-refractivity contribution in [2.45, 2.75) is 0 Å². The van der Waals surface area contributed by atoms with Crippen molar-refractivity contribution in [1.82, 2.24) is 9.80 Å². The fourth-order valence-corrected chi connectivity index (χ4v) is 1.35. The zero-order valence-corrected chi connectivity index (χ0v) is 7.85. The molecule has 0 unspecified atom stereocenters. The largest absolute Gasteiger partial charge is 0.395 e. The Labute approximate surface area is 81.7 Å². The maximum absolute atomic E-state index is 11.4. The second-order valence-corrected chi connectivity index (χ2v) is 3.08.